The molecule has 0 saturated carbocycles. The van der Waals surface area contributed by atoms with Gasteiger partial charge in [0.25, 0.3) is 5.95 Å². The smallest absolute Gasteiger partial charge is 0.263 e. The Balaban J connectivity index is 2.02. The molecule has 0 atom stereocenters. The molecule has 0 aliphatic rings. The predicted molar refractivity (Wildman–Crippen MR) is 60.4 cm³/mol. The molecule has 2 aromatic rings. The van der Waals surface area contributed by atoms with E-state index in [0.29, 0.717) is 11.8 Å². The van der Waals surface area contributed by atoms with E-state index in [0.717, 1.165) is 4.88 Å². The molecule has 0 spiro atoms. The molecular formula is C8H10N6S. The van der Waals surface area contributed by atoms with E-state index in [1.807, 2.05) is 17.5 Å². The maximum Gasteiger partial charge on any atom is 0.263 e. The van der Waals surface area contributed by atoms with Gasteiger partial charge in [0.15, 0.2) is 5.82 Å². The average molecular weight is 222 g/mol. The van der Waals surface area contributed by atoms with Crippen LogP contribution < -0.4 is 11.3 Å². The van der Waals surface area contributed by atoms with Crippen molar-refractivity contribution in [3.05, 3.63) is 28.2 Å². The lowest BCUT2D eigenvalue weighted by molar-refractivity contribution is 0.926. The summed E-state index contributed by atoms with van der Waals surface area (Å²) >= 11 is 1.60. The van der Waals surface area contributed by atoms with Crippen molar-refractivity contribution >= 4 is 23.5 Å². The van der Waals surface area contributed by atoms with Crippen molar-refractivity contribution < 1.29 is 0 Å². The molecule has 2 heterocycles. The van der Waals surface area contributed by atoms with Crippen molar-refractivity contribution in [3.8, 4) is 0 Å². The third kappa shape index (κ3) is 2.13. The van der Waals surface area contributed by atoms with Crippen molar-refractivity contribution in [1.29, 1.82) is 0 Å². The Labute approximate surface area is 90.4 Å². The summed E-state index contributed by atoms with van der Waals surface area (Å²) in [5.41, 5.74) is 2.71. The number of anilines is 1. The van der Waals surface area contributed by atoms with E-state index in [1.54, 1.807) is 24.5 Å². The largest absolute Gasteiger partial charge is 0.335 e. The number of nitrogens with two attached hydrogens (primary N) is 1. The number of nitrogens with one attached hydrogen (secondary N) is 1. The third-order valence-corrected chi connectivity index (χ3v) is 2.57. The molecule has 15 heavy (non-hydrogen) atoms. The molecule has 0 bridgehead atoms. The number of nitrogen functional groups attached to an aromatic ring is 1. The molecule has 0 aromatic carbocycles. The van der Waals surface area contributed by atoms with Crippen molar-refractivity contribution in [2.75, 3.05) is 11.3 Å². The molecule has 7 heteroatoms. The Morgan fingerprint density at radius 1 is 1.60 bits per heavy atom. The highest BCUT2D eigenvalue weighted by Gasteiger charge is 2.02. The predicted octanol–water partition coefficient (Wildman–Crippen LogP) is 0.808. The van der Waals surface area contributed by atoms with Gasteiger partial charge in [-0.25, -0.2) is 10.1 Å². The van der Waals surface area contributed by atoms with Crippen LogP contribution in [0, 0.1) is 6.92 Å². The summed E-state index contributed by atoms with van der Waals surface area (Å²) in [6.45, 7) is 1.77. The summed E-state index contributed by atoms with van der Waals surface area (Å²) < 4.78 is 1.34. The second kappa shape index (κ2) is 4.09. The van der Waals surface area contributed by atoms with Crippen molar-refractivity contribution in [2.45, 2.75) is 6.92 Å². The highest BCUT2D eigenvalue weighted by atomic mass is 32.1. The zero-order valence-corrected chi connectivity index (χ0v) is 8.90. The van der Waals surface area contributed by atoms with E-state index in [2.05, 4.69) is 20.7 Å². The number of hydrogen-bond acceptors (Lipinski definition) is 6. The molecule has 2 aromatic heterocycles. The Morgan fingerprint density at radius 3 is 3.07 bits per heavy atom. The van der Waals surface area contributed by atoms with Gasteiger partial charge < -0.3 is 5.84 Å². The number of aromatic nitrogens is 3. The van der Waals surface area contributed by atoms with Gasteiger partial charge in [0.2, 0.25) is 0 Å². The minimum atomic E-state index is 0.417. The molecule has 0 unspecified atom stereocenters. The van der Waals surface area contributed by atoms with Crippen LogP contribution in [0.4, 0.5) is 5.95 Å². The van der Waals surface area contributed by atoms with Crippen LogP contribution >= 0.6 is 11.3 Å². The highest BCUT2D eigenvalue weighted by molar-refractivity contribution is 7.11. The van der Waals surface area contributed by atoms with Crippen molar-refractivity contribution in [2.24, 2.45) is 5.10 Å². The van der Waals surface area contributed by atoms with Crippen LogP contribution in [0.15, 0.2) is 22.6 Å². The number of aryl methyl sites for hydroxylation is 1. The molecular weight excluding hydrogens is 212 g/mol. The minimum Gasteiger partial charge on any atom is -0.335 e. The molecule has 0 saturated heterocycles. The molecule has 78 valence electrons. The van der Waals surface area contributed by atoms with Crippen molar-refractivity contribution in [3.63, 3.8) is 0 Å². The SMILES string of the molecule is Cc1nnc(N/N=C/c2cccs2)n1N. The number of thiophene rings is 1. The molecule has 0 amide bonds. The zero-order valence-electron chi connectivity index (χ0n) is 8.08. The fraction of sp³-hybridized carbons (Fsp3) is 0.125. The summed E-state index contributed by atoms with van der Waals surface area (Å²) in [5.74, 6) is 6.67. The van der Waals surface area contributed by atoms with Crippen LogP contribution in [0.3, 0.4) is 0 Å². The number of nitrogens with zero attached hydrogens (tertiary/aromatic N) is 4. The lowest BCUT2D eigenvalue weighted by Gasteiger charge is -1.98. The first kappa shape index (κ1) is 9.66. The van der Waals surface area contributed by atoms with Crippen LogP contribution in [0.25, 0.3) is 0 Å². The van der Waals surface area contributed by atoms with Gasteiger partial charge in [0.1, 0.15) is 0 Å². The highest BCUT2D eigenvalue weighted by Crippen LogP contribution is 2.05. The van der Waals surface area contributed by atoms with Gasteiger partial charge in [0.05, 0.1) is 6.21 Å². The van der Waals surface area contributed by atoms with Gasteiger partial charge in [0, 0.05) is 4.88 Å². The second-order valence-corrected chi connectivity index (χ2v) is 3.81. The summed E-state index contributed by atoms with van der Waals surface area (Å²) in [6.07, 6.45) is 1.70. The fourth-order valence-electron chi connectivity index (χ4n) is 0.964. The molecule has 6 nitrogen and oxygen atoms in total. The van der Waals surface area contributed by atoms with E-state index >= 15 is 0 Å². The maximum atomic E-state index is 5.62. The first-order valence-corrected chi connectivity index (χ1v) is 5.15. The molecule has 0 radical (unpaired) electrons. The van der Waals surface area contributed by atoms with Crippen LogP contribution in [-0.2, 0) is 0 Å². The zero-order chi connectivity index (χ0) is 10.7. The average Bonchev–Trinajstić information content (AvgIpc) is 2.83. The second-order valence-electron chi connectivity index (χ2n) is 2.83. The van der Waals surface area contributed by atoms with E-state index < -0.39 is 0 Å². The van der Waals surface area contributed by atoms with Gasteiger partial charge in [-0.05, 0) is 18.4 Å². The standard InChI is InChI=1S/C8H10N6S/c1-6-11-13-8(14(6)9)12-10-5-7-3-2-4-15-7/h2-5H,9H2,1H3,(H,12,13)/b10-5+. The van der Waals surface area contributed by atoms with Gasteiger partial charge in [-0.3, -0.25) is 0 Å². The number of hydrogen-bond donors (Lipinski definition) is 2. The van der Waals surface area contributed by atoms with E-state index in [-0.39, 0.29) is 0 Å². The molecule has 2 rings (SSSR count). The molecule has 0 aliphatic heterocycles. The van der Waals surface area contributed by atoms with Gasteiger partial charge in [-0.15, -0.1) is 21.5 Å². The summed E-state index contributed by atoms with van der Waals surface area (Å²) in [6, 6.07) is 3.93. The first-order valence-electron chi connectivity index (χ1n) is 4.27. The van der Waals surface area contributed by atoms with Gasteiger partial charge in [-0.2, -0.15) is 5.10 Å². The van der Waals surface area contributed by atoms with E-state index in [1.165, 1.54) is 4.68 Å². The van der Waals surface area contributed by atoms with Gasteiger partial charge >= 0.3 is 0 Å². The van der Waals surface area contributed by atoms with Crippen LogP contribution in [0.2, 0.25) is 0 Å². The summed E-state index contributed by atoms with van der Waals surface area (Å²) in [5, 5.41) is 13.6. The number of hydrazone groups is 1. The summed E-state index contributed by atoms with van der Waals surface area (Å²) in [7, 11) is 0. The van der Waals surface area contributed by atoms with Crippen LogP contribution in [0.1, 0.15) is 10.7 Å². The van der Waals surface area contributed by atoms with Crippen LogP contribution in [0.5, 0.6) is 0 Å². The topological polar surface area (TPSA) is 81.1 Å². The molecule has 0 aliphatic carbocycles. The lowest BCUT2D eigenvalue weighted by atomic mass is 10.5. The normalized spacial score (nSPS) is 11.0. The fourth-order valence-corrected chi connectivity index (χ4v) is 1.55. The summed E-state index contributed by atoms with van der Waals surface area (Å²) in [4.78, 5) is 1.06. The van der Waals surface area contributed by atoms with E-state index in [4.69, 9.17) is 5.84 Å². The first-order chi connectivity index (χ1) is 7.27. The quantitative estimate of drug-likeness (QED) is 0.457. The molecule has 0 fully saturated rings. The lowest BCUT2D eigenvalue weighted by Crippen LogP contribution is -2.13. The Bertz CT molecular complexity index is 457. The Kier molecular flexibility index (Phi) is 2.64. The Hall–Kier alpha value is -1.89. The van der Waals surface area contributed by atoms with Crippen molar-refractivity contribution in [1.82, 2.24) is 14.9 Å². The molecule has 3 N–H and O–H groups in total. The van der Waals surface area contributed by atoms with Crippen LogP contribution in [-0.4, -0.2) is 21.1 Å². The minimum absolute atomic E-state index is 0.417. The monoisotopic (exact) mass is 222 g/mol. The maximum absolute atomic E-state index is 5.62. The number of rotatable bonds is 3. The third-order valence-electron chi connectivity index (χ3n) is 1.77. The van der Waals surface area contributed by atoms with Gasteiger partial charge in [-0.1, -0.05) is 6.07 Å². The Morgan fingerprint density at radius 2 is 2.47 bits per heavy atom. The van der Waals surface area contributed by atoms with E-state index in [9.17, 15) is 0 Å².